The summed E-state index contributed by atoms with van der Waals surface area (Å²) in [6.07, 6.45) is 0.968. The first kappa shape index (κ1) is 15.8. The van der Waals surface area contributed by atoms with Gasteiger partial charge in [-0.05, 0) is 29.9 Å². The van der Waals surface area contributed by atoms with Crippen molar-refractivity contribution in [3.8, 4) is 11.5 Å². The van der Waals surface area contributed by atoms with E-state index in [9.17, 15) is 10.2 Å². The Labute approximate surface area is 114 Å². The topological polar surface area (TPSA) is 69.9 Å². The van der Waals surface area contributed by atoms with Crippen molar-refractivity contribution in [1.29, 1.82) is 0 Å². The van der Waals surface area contributed by atoms with Gasteiger partial charge >= 0.3 is 0 Å². The number of ether oxygens (including phenoxy) is 1. The standard InChI is InChI=1S/C15H24O4/c1-10(2)8-11(3)12-4-5-14(17)13(15(12)18)9-19-7-6-16/h4-5,10-11,16-18H,6-9H2,1-3H3. The van der Waals surface area contributed by atoms with Crippen molar-refractivity contribution in [2.75, 3.05) is 13.2 Å². The average molecular weight is 268 g/mol. The summed E-state index contributed by atoms with van der Waals surface area (Å²) in [6, 6.07) is 3.34. The lowest BCUT2D eigenvalue weighted by Crippen LogP contribution is -2.03. The normalized spacial score (nSPS) is 12.9. The van der Waals surface area contributed by atoms with Crippen LogP contribution in [0.15, 0.2) is 12.1 Å². The lowest BCUT2D eigenvalue weighted by atomic mass is 9.90. The number of aromatic hydroxyl groups is 2. The molecule has 108 valence electrons. The minimum absolute atomic E-state index is 0.0240. The summed E-state index contributed by atoms with van der Waals surface area (Å²) in [6.45, 7) is 6.54. The fraction of sp³-hybridized carbons (Fsp3) is 0.600. The zero-order valence-electron chi connectivity index (χ0n) is 11.9. The van der Waals surface area contributed by atoms with Crippen molar-refractivity contribution in [2.24, 2.45) is 5.92 Å². The second kappa shape index (κ2) is 7.36. The Morgan fingerprint density at radius 3 is 2.42 bits per heavy atom. The van der Waals surface area contributed by atoms with Gasteiger partial charge < -0.3 is 20.1 Å². The lowest BCUT2D eigenvalue weighted by molar-refractivity contribution is 0.0791. The maximum absolute atomic E-state index is 10.2. The fourth-order valence-corrected chi connectivity index (χ4v) is 2.26. The van der Waals surface area contributed by atoms with Crippen molar-refractivity contribution >= 4 is 0 Å². The first-order valence-corrected chi connectivity index (χ1v) is 6.69. The molecule has 0 fully saturated rings. The quantitative estimate of drug-likeness (QED) is 0.665. The van der Waals surface area contributed by atoms with Crippen LogP contribution in [0, 0.1) is 5.92 Å². The van der Waals surface area contributed by atoms with Gasteiger partial charge in [-0.15, -0.1) is 0 Å². The maximum Gasteiger partial charge on any atom is 0.128 e. The smallest absolute Gasteiger partial charge is 0.128 e. The van der Waals surface area contributed by atoms with Gasteiger partial charge in [0.05, 0.1) is 25.4 Å². The van der Waals surface area contributed by atoms with E-state index in [2.05, 4.69) is 20.8 Å². The number of benzene rings is 1. The highest BCUT2D eigenvalue weighted by Gasteiger charge is 2.17. The summed E-state index contributed by atoms with van der Waals surface area (Å²) in [5.41, 5.74) is 1.22. The number of rotatable bonds is 7. The highest BCUT2D eigenvalue weighted by Crippen LogP contribution is 2.37. The van der Waals surface area contributed by atoms with E-state index >= 15 is 0 Å². The molecule has 0 bridgehead atoms. The molecule has 0 amide bonds. The van der Waals surface area contributed by atoms with Crippen LogP contribution in [0.1, 0.15) is 44.2 Å². The molecule has 0 aliphatic rings. The predicted octanol–water partition coefficient (Wildman–Crippen LogP) is 2.76. The molecule has 0 aromatic heterocycles. The van der Waals surface area contributed by atoms with E-state index < -0.39 is 0 Å². The van der Waals surface area contributed by atoms with E-state index in [1.165, 1.54) is 0 Å². The summed E-state index contributed by atoms with van der Waals surface area (Å²) < 4.78 is 5.18. The summed E-state index contributed by atoms with van der Waals surface area (Å²) in [4.78, 5) is 0. The van der Waals surface area contributed by atoms with Crippen molar-refractivity contribution in [3.05, 3.63) is 23.3 Å². The molecule has 4 nitrogen and oxygen atoms in total. The Bertz CT molecular complexity index is 401. The molecule has 0 saturated carbocycles. The van der Waals surface area contributed by atoms with Gasteiger partial charge in [0.15, 0.2) is 0 Å². The Hall–Kier alpha value is -1.26. The minimum Gasteiger partial charge on any atom is -0.507 e. The van der Waals surface area contributed by atoms with Crippen LogP contribution >= 0.6 is 0 Å². The third kappa shape index (κ3) is 4.40. The van der Waals surface area contributed by atoms with Gasteiger partial charge in [0, 0.05) is 0 Å². The van der Waals surface area contributed by atoms with Crippen molar-refractivity contribution in [2.45, 2.75) is 39.7 Å². The van der Waals surface area contributed by atoms with Crippen LogP contribution in [-0.2, 0) is 11.3 Å². The van der Waals surface area contributed by atoms with Gasteiger partial charge in [-0.25, -0.2) is 0 Å². The molecule has 19 heavy (non-hydrogen) atoms. The SMILES string of the molecule is CC(C)CC(C)c1ccc(O)c(COCCO)c1O. The van der Waals surface area contributed by atoms with Crippen LogP contribution in [0.5, 0.6) is 11.5 Å². The highest BCUT2D eigenvalue weighted by molar-refractivity contribution is 5.49. The molecule has 0 aliphatic heterocycles. The molecule has 1 atom stereocenters. The second-order valence-electron chi connectivity index (χ2n) is 5.31. The zero-order chi connectivity index (χ0) is 14.4. The molecule has 1 unspecified atom stereocenters. The van der Waals surface area contributed by atoms with E-state index in [1.54, 1.807) is 12.1 Å². The average Bonchev–Trinajstić information content (AvgIpc) is 2.32. The molecule has 3 N–H and O–H groups in total. The molecule has 1 rings (SSSR count). The lowest BCUT2D eigenvalue weighted by Gasteiger charge is -2.18. The van der Waals surface area contributed by atoms with Crippen LogP contribution in [0.4, 0.5) is 0 Å². The van der Waals surface area contributed by atoms with E-state index in [0.717, 1.165) is 12.0 Å². The second-order valence-corrected chi connectivity index (χ2v) is 5.31. The Balaban J connectivity index is 2.92. The van der Waals surface area contributed by atoms with Gasteiger partial charge in [-0.3, -0.25) is 0 Å². The molecular weight excluding hydrogens is 244 g/mol. The summed E-state index contributed by atoms with van der Waals surface area (Å²) in [5.74, 6) is 0.886. The number of phenolic OH excluding ortho intramolecular Hbond substituents is 2. The van der Waals surface area contributed by atoms with E-state index in [0.29, 0.717) is 11.5 Å². The van der Waals surface area contributed by atoms with E-state index in [4.69, 9.17) is 9.84 Å². The Morgan fingerprint density at radius 1 is 1.16 bits per heavy atom. The van der Waals surface area contributed by atoms with Crippen LogP contribution in [0.3, 0.4) is 0 Å². The number of aliphatic hydroxyl groups is 1. The first-order chi connectivity index (χ1) is 8.97. The number of aliphatic hydroxyl groups excluding tert-OH is 1. The van der Waals surface area contributed by atoms with Crippen LogP contribution in [0.25, 0.3) is 0 Å². The number of hydrogen-bond donors (Lipinski definition) is 3. The molecule has 0 heterocycles. The predicted molar refractivity (Wildman–Crippen MR) is 74.4 cm³/mol. The van der Waals surface area contributed by atoms with Crippen molar-refractivity contribution in [3.63, 3.8) is 0 Å². The molecule has 1 aromatic rings. The minimum atomic E-state index is -0.0784. The molecule has 0 aliphatic carbocycles. The Kier molecular flexibility index (Phi) is 6.12. The zero-order valence-corrected chi connectivity index (χ0v) is 11.9. The summed E-state index contributed by atoms with van der Waals surface area (Å²) in [7, 11) is 0. The first-order valence-electron chi connectivity index (χ1n) is 6.69. The van der Waals surface area contributed by atoms with E-state index in [-0.39, 0.29) is 37.2 Å². The van der Waals surface area contributed by atoms with Gasteiger partial charge in [0.2, 0.25) is 0 Å². The fourth-order valence-electron chi connectivity index (χ4n) is 2.26. The van der Waals surface area contributed by atoms with Gasteiger partial charge in [0.25, 0.3) is 0 Å². The van der Waals surface area contributed by atoms with E-state index in [1.807, 2.05) is 0 Å². The van der Waals surface area contributed by atoms with Crippen LogP contribution < -0.4 is 0 Å². The molecule has 0 spiro atoms. The Morgan fingerprint density at radius 2 is 1.84 bits per heavy atom. The molecular formula is C15H24O4. The molecule has 1 aromatic carbocycles. The van der Waals surface area contributed by atoms with Gasteiger partial charge in [-0.2, -0.15) is 0 Å². The van der Waals surface area contributed by atoms with Gasteiger partial charge in [0.1, 0.15) is 11.5 Å². The maximum atomic E-state index is 10.2. The third-order valence-electron chi connectivity index (χ3n) is 3.13. The van der Waals surface area contributed by atoms with Gasteiger partial charge in [-0.1, -0.05) is 26.8 Å². The monoisotopic (exact) mass is 268 g/mol. The van der Waals surface area contributed by atoms with Crippen LogP contribution in [0.2, 0.25) is 0 Å². The van der Waals surface area contributed by atoms with Crippen molar-refractivity contribution < 1.29 is 20.1 Å². The largest absolute Gasteiger partial charge is 0.507 e. The highest BCUT2D eigenvalue weighted by atomic mass is 16.5. The van der Waals surface area contributed by atoms with Crippen molar-refractivity contribution in [1.82, 2.24) is 0 Å². The summed E-state index contributed by atoms with van der Waals surface area (Å²) >= 11 is 0. The third-order valence-corrected chi connectivity index (χ3v) is 3.13. The molecule has 0 saturated heterocycles. The van der Waals surface area contributed by atoms with Crippen LogP contribution in [-0.4, -0.2) is 28.5 Å². The summed E-state index contributed by atoms with van der Waals surface area (Å²) in [5, 5.41) is 28.7. The number of hydrogen-bond acceptors (Lipinski definition) is 4. The molecule has 0 radical (unpaired) electrons. The number of phenols is 2. The molecule has 4 heteroatoms.